The summed E-state index contributed by atoms with van der Waals surface area (Å²) in [5.41, 5.74) is 11.3. The molecule has 0 aliphatic heterocycles. The lowest BCUT2D eigenvalue weighted by Gasteiger charge is -2.22. The number of amides is 4. The summed E-state index contributed by atoms with van der Waals surface area (Å²) in [6.07, 6.45) is -0.103. The molecule has 4 unspecified atom stereocenters. The third kappa shape index (κ3) is 9.10. The second-order valence-corrected chi connectivity index (χ2v) is 7.17. The van der Waals surface area contributed by atoms with E-state index in [9.17, 15) is 34.2 Å². The fraction of sp³-hybridized carbons (Fsp3) is 0.450. The van der Waals surface area contributed by atoms with E-state index >= 15 is 0 Å². The molecule has 4 atom stereocenters. The zero-order valence-corrected chi connectivity index (χ0v) is 17.6. The van der Waals surface area contributed by atoms with E-state index in [2.05, 4.69) is 16.0 Å². The highest BCUT2D eigenvalue weighted by Gasteiger charge is 2.28. The van der Waals surface area contributed by atoms with Crippen molar-refractivity contribution in [2.75, 3.05) is 6.61 Å². The summed E-state index contributed by atoms with van der Waals surface area (Å²) >= 11 is 0. The van der Waals surface area contributed by atoms with Crippen LogP contribution >= 0.6 is 0 Å². The zero-order valence-electron chi connectivity index (χ0n) is 17.6. The van der Waals surface area contributed by atoms with Crippen LogP contribution in [0.1, 0.15) is 25.3 Å². The summed E-state index contributed by atoms with van der Waals surface area (Å²) in [5.74, 6) is -4.31. The lowest BCUT2D eigenvalue weighted by molar-refractivity contribution is -0.142. The number of carboxylic acids is 1. The van der Waals surface area contributed by atoms with Crippen molar-refractivity contribution in [2.45, 2.75) is 50.4 Å². The molecule has 4 amide bonds. The molecule has 0 spiro atoms. The van der Waals surface area contributed by atoms with Gasteiger partial charge in [0, 0.05) is 12.8 Å². The van der Waals surface area contributed by atoms with Gasteiger partial charge in [0.15, 0.2) is 0 Å². The number of primary amides is 1. The molecule has 0 aliphatic rings. The fourth-order valence-electron chi connectivity index (χ4n) is 2.63. The van der Waals surface area contributed by atoms with Gasteiger partial charge < -0.3 is 37.6 Å². The van der Waals surface area contributed by atoms with Gasteiger partial charge in [-0.2, -0.15) is 0 Å². The first-order valence-corrected chi connectivity index (χ1v) is 9.87. The minimum absolute atomic E-state index is 0.00363. The summed E-state index contributed by atoms with van der Waals surface area (Å²) in [7, 11) is 0. The maximum atomic E-state index is 12.4. The highest BCUT2D eigenvalue weighted by Crippen LogP contribution is 2.04. The first-order chi connectivity index (χ1) is 15.0. The number of carbonyl (C=O) groups is 5. The average Bonchev–Trinajstić information content (AvgIpc) is 2.75. The molecule has 0 saturated carbocycles. The minimum atomic E-state index is -1.44. The maximum Gasteiger partial charge on any atom is 0.326 e. The summed E-state index contributed by atoms with van der Waals surface area (Å²) in [5, 5.41) is 25.7. The smallest absolute Gasteiger partial charge is 0.326 e. The second-order valence-electron chi connectivity index (χ2n) is 7.17. The lowest BCUT2D eigenvalue weighted by Crippen LogP contribution is -2.57. The number of benzene rings is 1. The Kier molecular flexibility index (Phi) is 10.8. The van der Waals surface area contributed by atoms with Crippen molar-refractivity contribution in [3.8, 4) is 0 Å². The number of carbonyl (C=O) groups excluding carboxylic acids is 4. The highest BCUT2D eigenvalue weighted by atomic mass is 16.4. The average molecular weight is 451 g/mol. The van der Waals surface area contributed by atoms with Crippen molar-refractivity contribution in [2.24, 2.45) is 11.5 Å². The van der Waals surface area contributed by atoms with Crippen LogP contribution in [-0.4, -0.2) is 70.6 Å². The van der Waals surface area contributed by atoms with E-state index in [0.717, 1.165) is 0 Å². The molecule has 32 heavy (non-hydrogen) atoms. The van der Waals surface area contributed by atoms with Crippen LogP contribution in [0, 0.1) is 0 Å². The number of aliphatic carboxylic acids is 1. The number of rotatable bonds is 13. The van der Waals surface area contributed by atoms with Gasteiger partial charge >= 0.3 is 5.97 Å². The van der Waals surface area contributed by atoms with Crippen LogP contribution in [0.2, 0.25) is 0 Å². The van der Waals surface area contributed by atoms with Crippen LogP contribution in [0.25, 0.3) is 0 Å². The predicted molar refractivity (Wildman–Crippen MR) is 113 cm³/mol. The van der Waals surface area contributed by atoms with Crippen LogP contribution in [0.5, 0.6) is 0 Å². The first kappa shape index (κ1) is 26.5. The van der Waals surface area contributed by atoms with Gasteiger partial charge in [0.25, 0.3) is 0 Å². The molecule has 12 nitrogen and oxygen atoms in total. The van der Waals surface area contributed by atoms with Crippen LogP contribution < -0.4 is 27.4 Å². The Labute approximate surface area is 184 Å². The fourth-order valence-corrected chi connectivity index (χ4v) is 2.63. The predicted octanol–water partition coefficient (Wildman–Crippen LogP) is -2.63. The second kappa shape index (κ2) is 13.0. The van der Waals surface area contributed by atoms with E-state index in [1.165, 1.54) is 6.92 Å². The molecule has 12 heteroatoms. The number of aliphatic hydroxyl groups excluding tert-OH is 1. The maximum absolute atomic E-state index is 12.4. The van der Waals surface area contributed by atoms with Gasteiger partial charge in [0.1, 0.15) is 18.1 Å². The molecular weight excluding hydrogens is 422 g/mol. The largest absolute Gasteiger partial charge is 0.480 e. The summed E-state index contributed by atoms with van der Waals surface area (Å²) < 4.78 is 0. The van der Waals surface area contributed by atoms with E-state index in [1.54, 1.807) is 30.3 Å². The molecule has 1 aromatic rings. The number of carboxylic acid groups (broad SMARTS) is 1. The molecule has 1 rings (SSSR count). The normalized spacial score (nSPS) is 14.3. The number of hydrogen-bond acceptors (Lipinski definition) is 7. The van der Waals surface area contributed by atoms with Crippen molar-refractivity contribution in [3.05, 3.63) is 35.9 Å². The van der Waals surface area contributed by atoms with Gasteiger partial charge in [-0.25, -0.2) is 4.79 Å². The molecule has 0 aliphatic carbocycles. The van der Waals surface area contributed by atoms with Crippen molar-refractivity contribution >= 4 is 29.6 Å². The van der Waals surface area contributed by atoms with Crippen molar-refractivity contribution in [3.63, 3.8) is 0 Å². The highest BCUT2D eigenvalue weighted by molar-refractivity contribution is 5.94. The SMILES string of the molecule is CC(NC(=O)C(N)CCC(N)=O)C(=O)NC(CO)C(=O)NC(Cc1ccccc1)C(=O)O. The summed E-state index contributed by atoms with van der Waals surface area (Å²) in [6.45, 7) is 0.532. The Morgan fingerprint density at radius 3 is 2.06 bits per heavy atom. The van der Waals surface area contributed by atoms with E-state index in [1.807, 2.05) is 0 Å². The van der Waals surface area contributed by atoms with Crippen molar-refractivity contribution < 1.29 is 34.2 Å². The topological polar surface area (TPSA) is 214 Å². The van der Waals surface area contributed by atoms with Crippen molar-refractivity contribution in [1.82, 2.24) is 16.0 Å². The molecule has 1 aromatic carbocycles. The molecule has 176 valence electrons. The minimum Gasteiger partial charge on any atom is -0.480 e. The van der Waals surface area contributed by atoms with Crippen LogP contribution in [-0.2, 0) is 30.4 Å². The number of hydrogen-bond donors (Lipinski definition) is 7. The Morgan fingerprint density at radius 1 is 0.938 bits per heavy atom. The van der Waals surface area contributed by atoms with Gasteiger partial charge in [-0.3, -0.25) is 19.2 Å². The zero-order chi connectivity index (χ0) is 24.3. The van der Waals surface area contributed by atoms with Gasteiger partial charge in [-0.1, -0.05) is 30.3 Å². The third-order valence-corrected chi connectivity index (χ3v) is 4.50. The quantitative estimate of drug-likeness (QED) is 0.168. The molecule has 0 aromatic heterocycles. The van der Waals surface area contributed by atoms with E-state index in [-0.39, 0.29) is 19.3 Å². The number of nitrogens with two attached hydrogens (primary N) is 2. The van der Waals surface area contributed by atoms with Crippen LogP contribution in [0.3, 0.4) is 0 Å². The summed E-state index contributed by atoms with van der Waals surface area (Å²) in [6, 6.07) is 3.70. The molecule has 0 fully saturated rings. The number of nitrogens with one attached hydrogen (secondary N) is 3. The third-order valence-electron chi connectivity index (χ3n) is 4.50. The summed E-state index contributed by atoms with van der Waals surface area (Å²) in [4.78, 5) is 59.0. The molecular formula is C20H29N5O7. The Balaban J connectivity index is 2.66. The van der Waals surface area contributed by atoms with E-state index < -0.39 is 60.4 Å². The standard InChI is InChI=1S/C20H29N5O7/c1-11(23-18(29)13(21)7-8-16(22)27)17(28)25-15(10-26)19(30)24-14(20(31)32)9-12-5-3-2-4-6-12/h2-6,11,13-15,26H,7-10,21H2,1H3,(H2,22,27)(H,23,29)(H,24,30)(H,25,28)(H,31,32). The van der Waals surface area contributed by atoms with Gasteiger partial charge in [-0.05, 0) is 18.9 Å². The van der Waals surface area contributed by atoms with Crippen molar-refractivity contribution in [1.29, 1.82) is 0 Å². The van der Waals surface area contributed by atoms with Gasteiger partial charge in [0.2, 0.25) is 23.6 Å². The Hall–Kier alpha value is -3.51. The molecule has 0 heterocycles. The van der Waals surface area contributed by atoms with Gasteiger partial charge in [0.05, 0.1) is 12.6 Å². The monoisotopic (exact) mass is 451 g/mol. The lowest BCUT2D eigenvalue weighted by atomic mass is 10.1. The molecule has 0 radical (unpaired) electrons. The van der Waals surface area contributed by atoms with E-state index in [4.69, 9.17) is 11.5 Å². The Bertz CT molecular complexity index is 818. The molecule has 0 bridgehead atoms. The Morgan fingerprint density at radius 2 is 1.53 bits per heavy atom. The van der Waals surface area contributed by atoms with Crippen LogP contribution in [0.15, 0.2) is 30.3 Å². The molecule has 9 N–H and O–H groups in total. The first-order valence-electron chi connectivity index (χ1n) is 9.87. The van der Waals surface area contributed by atoms with E-state index in [0.29, 0.717) is 5.56 Å². The number of aliphatic hydroxyl groups is 1. The van der Waals surface area contributed by atoms with Crippen LogP contribution in [0.4, 0.5) is 0 Å². The molecule has 0 saturated heterocycles. The van der Waals surface area contributed by atoms with Gasteiger partial charge in [-0.15, -0.1) is 0 Å².